The molecule has 1 rings (SSSR count). The second-order valence-corrected chi connectivity index (χ2v) is 6.64. The Morgan fingerprint density at radius 2 is 1.89 bits per heavy atom. The first-order chi connectivity index (χ1) is 8.57. The molecular weight excluding hydrogens is 273 g/mol. The van der Waals surface area contributed by atoms with Gasteiger partial charge in [-0.25, -0.2) is 22.3 Å². The molecule has 1 aromatic rings. The fraction of sp³-hybridized carbons (Fsp3) is 0.417. The topological polar surface area (TPSA) is 72.5 Å². The zero-order valence-electron chi connectivity index (χ0n) is 11.2. The number of sulfonamides is 1. The van der Waals surface area contributed by atoms with Crippen LogP contribution in [0.2, 0.25) is 0 Å². The Morgan fingerprint density at radius 3 is 2.37 bits per heavy atom. The van der Waals surface area contributed by atoms with Crippen LogP contribution in [0.1, 0.15) is 31.1 Å². The minimum absolute atomic E-state index is 0.208. The summed E-state index contributed by atoms with van der Waals surface area (Å²) in [5, 5.41) is 0. The number of carbonyl (C=O) groups excluding carboxylic acids is 1. The number of rotatable bonds is 3. The van der Waals surface area contributed by atoms with Gasteiger partial charge in [-0.15, -0.1) is 0 Å². The summed E-state index contributed by atoms with van der Waals surface area (Å²) in [5.74, 6) is -1.59. The second kappa shape index (κ2) is 5.26. The molecule has 0 saturated heterocycles. The van der Waals surface area contributed by atoms with Crippen molar-refractivity contribution in [3.63, 3.8) is 0 Å². The highest BCUT2D eigenvalue weighted by Gasteiger charge is 2.27. The van der Waals surface area contributed by atoms with Crippen molar-refractivity contribution in [1.82, 2.24) is 4.72 Å². The molecule has 0 unspecified atom stereocenters. The van der Waals surface area contributed by atoms with Crippen LogP contribution in [0.25, 0.3) is 0 Å². The zero-order valence-corrected chi connectivity index (χ0v) is 12.0. The van der Waals surface area contributed by atoms with Crippen molar-refractivity contribution in [2.45, 2.75) is 31.2 Å². The number of carbonyl (C=O) groups is 1. The third-order valence-electron chi connectivity index (χ3n) is 2.08. The smallest absolute Gasteiger partial charge is 0.339 e. The largest absolute Gasteiger partial charge is 0.465 e. The van der Waals surface area contributed by atoms with Crippen LogP contribution in [0.4, 0.5) is 4.39 Å². The molecule has 0 heterocycles. The fourth-order valence-electron chi connectivity index (χ4n) is 1.46. The van der Waals surface area contributed by atoms with Crippen molar-refractivity contribution < 1.29 is 22.3 Å². The van der Waals surface area contributed by atoms with Crippen LogP contribution in [0, 0.1) is 5.82 Å². The Morgan fingerprint density at radius 1 is 1.32 bits per heavy atom. The van der Waals surface area contributed by atoms with E-state index in [4.69, 9.17) is 0 Å². The third kappa shape index (κ3) is 4.00. The van der Waals surface area contributed by atoms with Gasteiger partial charge in [0, 0.05) is 5.54 Å². The van der Waals surface area contributed by atoms with Gasteiger partial charge >= 0.3 is 5.97 Å². The number of methoxy groups -OCH3 is 1. The molecule has 0 aromatic heterocycles. The third-order valence-corrected chi connectivity index (χ3v) is 3.88. The van der Waals surface area contributed by atoms with E-state index < -0.39 is 32.2 Å². The molecule has 1 aromatic carbocycles. The van der Waals surface area contributed by atoms with Gasteiger partial charge in [0.25, 0.3) is 0 Å². The lowest BCUT2D eigenvalue weighted by atomic mass is 10.1. The summed E-state index contributed by atoms with van der Waals surface area (Å²) in [6.07, 6.45) is 0. The van der Waals surface area contributed by atoms with Crippen LogP contribution >= 0.6 is 0 Å². The molecule has 1 N–H and O–H groups in total. The van der Waals surface area contributed by atoms with Gasteiger partial charge in [-0.3, -0.25) is 0 Å². The molecule has 0 radical (unpaired) electrons. The Kier molecular flexibility index (Phi) is 4.32. The summed E-state index contributed by atoms with van der Waals surface area (Å²) >= 11 is 0. The molecule has 0 bridgehead atoms. The Labute approximate surface area is 111 Å². The van der Waals surface area contributed by atoms with Crippen LogP contribution in [0.5, 0.6) is 0 Å². The van der Waals surface area contributed by atoms with Crippen molar-refractivity contribution in [2.24, 2.45) is 0 Å². The Balaban J connectivity index is 3.40. The second-order valence-electron chi connectivity index (χ2n) is 4.99. The number of halogens is 1. The molecule has 7 heteroatoms. The standard InChI is InChI=1S/C12H16FNO4S/c1-12(2,3)14-19(16,17)10-7-8(13)5-6-9(10)11(15)18-4/h5-7,14H,1-4H3. The highest BCUT2D eigenvalue weighted by Crippen LogP contribution is 2.20. The van der Waals surface area contributed by atoms with Crippen molar-refractivity contribution in [3.8, 4) is 0 Å². The highest BCUT2D eigenvalue weighted by molar-refractivity contribution is 7.89. The number of benzene rings is 1. The molecule has 19 heavy (non-hydrogen) atoms. The van der Waals surface area contributed by atoms with Crippen molar-refractivity contribution in [1.29, 1.82) is 0 Å². The van der Waals surface area contributed by atoms with E-state index in [-0.39, 0.29) is 5.56 Å². The van der Waals surface area contributed by atoms with Crippen LogP contribution in [-0.4, -0.2) is 27.0 Å². The number of esters is 1. The quantitative estimate of drug-likeness (QED) is 0.859. The fourth-order valence-corrected chi connectivity index (χ4v) is 3.08. The monoisotopic (exact) mass is 289 g/mol. The van der Waals surface area contributed by atoms with E-state index in [1.165, 1.54) is 0 Å². The summed E-state index contributed by atoms with van der Waals surface area (Å²) in [7, 11) is -2.89. The number of hydrogen-bond donors (Lipinski definition) is 1. The molecule has 0 aliphatic rings. The summed E-state index contributed by atoms with van der Waals surface area (Å²) in [6.45, 7) is 4.92. The summed E-state index contributed by atoms with van der Waals surface area (Å²) < 4.78 is 44.4. The first-order valence-electron chi connectivity index (χ1n) is 5.49. The van der Waals surface area contributed by atoms with Gasteiger partial charge in [0.1, 0.15) is 5.82 Å². The average molecular weight is 289 g/mol. The zero-order chi connectivity index (χ0) is 14.8. The SMILES string of the molecule is COC(=O)c1ccc(F)cc1S(=O)(=O)NC(C)(C)C. The molecule has 0 aliphatic heterocycles. The van der Waals surface area contributed by atoms with Crippen molar-refractivity contribution in [3.05, 3.63) is 29.6 Å². The minimum Gasteiger partial charge on any atom is -0.465 e. The Bertz CT molecular complexity index is 590. The molecular formula is C12H16FNO4S. The lowest BCUT2D eigenvalue weighted by Crippen LogP contribution is -2.41. The molecule has 0 fully saturated rings. The number of nitrogens with one attached hydrogen (secondary N) is 1. The van der Waals surface area contributed by atoms with Gasteiger partial charge in [-0.2, -0.15) is 0 Å². The molecule has 0 atom stereocenters. The van der Waals surface area contributed by atoms with E-state index >= 15 is 0 Å². The first kappa shape index (κ1) is 15.6. The van der Waals surface area contributed by atoms with Crippen LogP contribution in [-0.2, 0) is 14.8 Å². The van der Waals surface area contributed by atoms with E-state index in [1.807, 2.05) is 0 Å². The molecule has 5 nitrogen and oxygen atoms in total. The van der Waals surface area contributed by atoms with Crippen LogP contribution in [0.3, 0.4) is 0 Å². The van der Waals surface area contributed by atoms with E-state index in [1.54, 1.807) is 20.8 Å². The summed E-state index contributed by atoms with van der Waals surface area (Å²) in [4.78, 5) is 11.1. The highest BCUT2D eigenvalue weighted by atomic mass is 32.2. The maximum atomic E-state index is 13.2. The van der Waals surface area contributed by atoms with Crippen LogP contribution in [0.15, 0.2) is 23.1 Å². The van der Waals surface area contributed by atoms with Crippen LogP contribution < -0.4 is 4.72 Å². The van der Waals surface area contributed by atoms with Gasteiger partial charge in [-0.1, -0.05) is 0 Å². The summed E-state index contributed by atoms with van der Waals surface area (Å²) in [5.41, 5.74) is -0.959. The normalized spacial score (nSPS) is 12.3. The van der Waals surface area contributed by atoms with Crippen molar-refractivity contribution in [2.75, 3.05) is 7.11 Å². The number of ether oxygens (including phenoxy) is 1. The van der Waals surface area contributed by atoms with Crippen molar-refractivity contribution >= 4 is 16.0 Å². The predicted octanol–water partition coefficient (Wildman–Crippen LogP) is 1.69. The van der Waals surface area contributed by atoms with E-state index in [0.717, 1.165) is 25.3 Å². The van der Waals surface area contributed by atoms with E-state index in [2.05, 4.69) is 9.46 Å². The predicted molar refractivity (Wildman–Crippen MR) is 67.8 cm³/mol. The maximum absolute atomic E-state index is 13.2. The van der Waals surface area contributed by atoms with Gasteiger partial charge in [0.2, 0.25) is 10.0 Å². The average Bonchev–Trinajstić information content (AvgIpc) is 2.24. The van der Waals surface area contributed by atoms with Gasteiger partial charge < -0.3 is 4.74 Å². The number of hydrogen-bond acceptors (Lipinski definition) is 4. The van der Waals surface area contributed by atoms with E-state index in [9.17, 15) is 17.6 Å². The minimum atomic E-state index is -4.02. The lowest BCUT2D eigenvalue weighted by molar-refractivity contribution is 0.0596. The van der Waals surface area contributed by atoms with Gasteiger partial charge in [-0.05, 0) is 39.0 Å². The lowest BCUT2D eigenvalue weighted by Gasteiger charge is -2.21. The first-order valence-corrected chi connectivity index (χ1v) is 6.97. The van der Waals surface area contributed by atoms with Gasteiger partial charge in [0.15, 0.2) is 0 Å². The molecule has 106 valence electrons. The maximum Gasteiger partial charge on any atom is 0.339 e. The summed E-state index contributed by atoms with van der Waals surface area (Å²) in [6, 6.07) is 2.88. The Hall–Kier alpha value is -1.47. The molecule has 0 aliphatic carbocycles. The van der Waals surface area contributed by atoms with Gasteiger partial charge in [0.05, 0.1) is 17.6 Å². The molecule has 0 spiro atoms. The molecule has 0 amide bonds. The van der Waals surface area contributed by atoms with E-state index in [0.29, 0.717) is 0 Å². The molecule has 0 saturated carbocycles.